The SMILES string of the molecule is C=CC1CC(C(=O)OC(C)(C)C)N([C@@H](CSC(C)N(C(C)=O)C(=O)OC(C)(C)C)C(=O)OC(C)(C)C)C1. The van der Waals surface area contributed by atoms with Crippen LogP contribution in [-0.2, 0) is 28.6 Å². The van der Waals surface area contributed by atoms with Crippen molar-refractivity contribution < 1.29 is 33.4 Å². The van der Waals surface area contributed by atoms with Gasteiger partial charge in [0.05, 0.1) is 5.37 Å². The highest BCUT2D eigenvalue weighted by Crippen LogP contribution is 2.32. The molecule has 0 aromatic rings. The number of ether oxygens (including phenoxy) is 3. The maximum atomic E-state index is 13.4. The summed E-state index contributed by atoms with van der Waals surface area (Å²) in [7, 11) is 0. The van der Waals surface area contributed by atoms with Crippen LogP contribution >= 0.6 is 11.8 Å². The summed E-state index contributed by atoms with van der Waals surface area (Å²) >= 11 is 1.24. The Morgan fingerprint density at radius 2 is 1.49 bits per heavy atom. The van der Waals surface area contributed by atoms with E-state index in [1.165, 1.54) is 18.7 Å². The molecule has 1 fully saturated rings. The zero-order chi connectivity index (χ0) is 28.9. The molecule has 0 aromatic heterocycles. The van der Waals surface area contributed by atoms with Crippen LogP contribution in [0.3, 0.4) is 0 Å². The van der Waals surface area contributed by atoms with Gasteiger partial charge in [0.2, 0.25) is 5.91 Å². The number of hydrogen-bond donors (Lipinski definition) is 0. The van der Waals surface area contributed by atoms with Crippen molar-refractivity contribution in [1.82, 2.24) is 9.80 Å². The van der Waals surface area contributed by atoms with Crippen LogP contribution in [0.2, 0.25) is 0 Å². The number of imide groups is 1. The van der Waals surface area contributed by atoms with Crippen molar-refractivity contribution >= 4 is 35.7 Å². The van der Waals surface area contributed by atoms with Gasteiger partial charge in [-0.05, 0) is 81.6 Å². The minimum absolute atomic E-state index is 0.0136. The Balaban J connectivity index is 3.26. The lowest BCUT2D eigenvalue weighted by Crippen LogP contribution is -2.52. The van der Waals surface area contributed by atoms with E-state index in [0.29, 0.717) is 13.0 Å². The van der Waals surface area contributed by atoms with E-state index < -0.39 is 58.2 Å². The number of rotatable bonds is 8. The van der Waals surface area contributed by atoms with E-state index in [2.05, 4.69) is 6.58 Å². The third-order valence-electron chi connectivity index (χ3n) is 5.25. The first kappa shape index (κ1) is 33.0. The highest BCUT2D eigenvalue weighted by Gasteiger charge is 2.45. The maximum Gasteiger partial charge on any atom is 0.418 e. The Labute approximate surface area is 226 Å². The lowest BCUT2D eigenvalue weighted by atomic mass is 10.1. The Bertz CT molecular complexity index is 854. The highest BCUT2D eigenvalue weighted by atomic mass is 32.2. The van der Waals surface area contributed by atoms with E-state index >= 15 is 0 Å². The molecule has 4 atom stereocenters. The summed E-state index contributed by atoms with van der Waals surface area (Å²) in [5.74, 6) is -1.21. The van der Waals surface area contributed by atoms with Crippen LogP contribution in [0.25, 0.3) is 0 Å². The highest BCUT2D eigenvalue weighted by molar-refractivity contribution is 7.99. The van der Waals surface area contributed by atoms with E-state index in [9.17, 15) is 19.2 Å². The lowest BCUT2D eigenvalue weighted by Gasteiger charge is -2.35. The van der Waals surface area contributed by atoms with Crippen LogP contribution in [-0.4, -0.2) is 80.3 Å². The molecule has 0 aromatic carbocycles. The second-order valence-corrected chi connectivity index (χ2v) is 13.7. The smallest absolute Gasteiger partial charge is 0.418 e. The van der Waals surface area contributed by atoms with E-state index in [1.54, 1.807) is 80.2 Å². The first-order chi connectivity index (χ1) is 16.6. The van der Waals surface area contributed by atoms with Gasteiger partial charge >= 0.3 is 18.0 Å². The van der Waals surface area contributed by atoms with Gasteiger partial charge in [-0.1, -0.05) is 6.08 Å². The van der Waals surface area contributed by atoms with Crippen molar-refractivity contribution in [3.05, 3.63) is 12.7 Å². The summed E-state index contributed by atoms with van der Waals surface area (Å²) in [5, 5.41) is -0.630. The number of nitrogens with zero attached hydrogens (tertiary/aromatic N) is 2. The van der Waals surface area contributed by atoms with Crippen LogP contribution in [0.1, 0.15) is 82.6 Å². The summed E-state index contributed by atoms with van der Waals surface area (Å²) in [4.78, 5) is 54.4. The van der Waals surface area contributed by atoms with E-state index in [1.807, 2.05) is 0 Å². The summed E-state index contributed by atoms with van der Waals surface area (Å²) in [6, 6.07) is -1.48. The fourth-order valence-electron chi connectivity index (χ4n) is 3.83. The Hall–Kier alpha value is -2.07. The van der Waals surface area contributed by atoms with Gasteiger partial charge in [-0.15, -0.1) is 18.3 Å². The fraction of sp³-hybridized carbons (Fsp3) is 0.778. The predicted octanol–water partition coefficient (Wildman–Crippen LogP) is 4.78. The average molecular weight is 543 g/mol. The molecule has 1 saturated heterocycles. The topological polar surface area (TPSA) is 102 Å². The molecule has 1 aliphatic rings. The Morgan fingerprint density at radius 3 is 1.92 bits per heavy atom. The molecule has 0 bridgehead atoms. The number of likely N-dealkylation sites (tertiary alicyclic amines) is 1. The molecule has 37 heavy (non-hydrogen) atoms. The molecule has 2 amide bonds. The standard InChI is InChI=1S/C27H46N2O7S/c1-13-19-14-20(22(31)34-25(4,5)6)28(15-19)21(23(32)35-26(7,8)9)16-37-18(3)29(17(2)30)24(33)36-27(10,11)12/h13,18-21H,1,14-16H2,2-12H3/t18?,19?,20?,21-/m0/s1. The fourth-order valence-corrected chi connectivity index (χ4v) is 5.00. The number of hydrogen-bond acceptors (Lipinski definition) is 9. The number of thioether (sulfide) groups is 1. The lowest BCUT2D eigenvalue weighted by molar-refractivity contribution is -0.166. The van der Waals surface area contributed by atoms with Crippen LogP contribution in [0.4, 0.5) is 4.79 Å². The van der Waals surface area contributed by atoms with E-state index in [0.717, 1.165) is 4.90 Å². The maximum absolute atomic E-state index is 13.4. The van der Waals surface area contributed by atoms with Crippen molar-refractivity contribution in [2.45, 2.75) is 117 Å². The summed E-state index contributed by atoms with van der Waals surface area (Å²) < 4.78 is 16.8. The molecule has 10 heteroatoms. The van der Waals surface area contributed by atoms with Gasteiger partial charge in [0.15, 0.2) is 0 Å². The molecule has 0 aliphatic carbocycles. The second kappa shape index (κ2) is 12.7. The van der Waals surface area contributed by atoms with E-state index in [4.69, 9.17) is 14.2 Å². The van der Waals surface area contributed by atoms with Gasteiger partial charge in [0.1, 0.15) is 28.9 Å². The number of carbonyl (C=O) groups excluding carboxylic acids is 4. The van der Waals surface area contributed by atoms with Crippen LogP contribution in [0.5, 0.6) is 0 Å². The van der Waals surface area contributed by atoms with Crippen molar-refractivity contribution in [1.29, 1.82) is 0 Å². The van der Waals surface area contributed by atoms with Gasteiger partial charge in [-0.25, -0.2) is 9.69 Å². The van der Waals surface area contributed by atoms with Crippen molar-refractivity contribution in [2.75, 3.05) is 12.3 Å². The largest absolute Gasteiger partial charge is 0.459 e. The zero-order valence-corrected chi connectivity index (χ0v) is 25.2. The molecule has 9 nitrogen and oxygen atoms in total. The third-order valence-corrected chi connectivity index (χ3v) is 6.45. The van der Waals surface area contributed by atoms with Gasteiger partial charge in [0, 0.05) is 19.2 Å². The Kier molecular flexibility index (Phi) is 11.3. The molecule has 0 spiro atoms. The van der Waals surface area contributed by atoms with E-state index in [-0.39, 0.29) is 11.7 Å². The quantitative estimate of drug-likeness (QED) is 0.186. The first-order valence-electron chi connectivity index (χ1n) is 12.6. The van der Waals surface area contributed by atoms with Crippen LogP contribution < -0.4 is 0 Å². The Morgan fingerprint density at radius 1 is 0.973 bits per heavy atom. The van der Waals surface area contributed by atoms with Gasteiger partial charge < -0.3 is 14.2 Å². The normalized spacial score (nSPS) is 20.5. The second-order valence-electron chi connectivity index (χ2n) is 12.3. The number of amides is 2. The molecule has 1 aliphatic heterocycles. The van der Waals surface area contributed by atoms with Crippen LogP contribution in [0.15, 0.2) is 12.7 Å². The molecular weight excluding hydrogens is 496 g/mol. The number of esters is 2. The summed E-state index contributed by atoms with van der Waals surface area (Å²) in [6.45, 7) is 23.2. The van der Waals surface area contributed by atoms with Crippen molar-refractivity contribution in [3.8, 4) is 0 Å². The molecule has 3 unspecified atom stereocenters. The molecule has 1 rings (SSSR count). The molecule has 0 N–H and O–H groups in total. The zero-order valence-electron chi connectivity index (χ0n) is 24.4. The third kappa shape index (κ3) is 11.1. The molecule has 0 radical (unpaired) electrons. The van der Waals surface area contributed by atoms with Crippen LogP contribution in [0, 0.1) is 5.92 Å². The van der Waals surface area contributed by atoms with Gasteiger partial charge in [-0.3, -0.25) is 19.3 Å². The minimum Gasteiger partial charge on any atom is -0.459 e. The number of carbonyl (C=O) groups is 4. The first-order valence-corrected chi connectivity index (χ1v) is 13.7. The summed E-state index contributed by atoms with van der Waals surface area (Å²) in [5.41, 5.74) is -2.20. The van der Waals surface area contributed by atoms with Crippen molar-refractivity contribution in [2.24, 2.45) is 5.92 Å². The molecule has 1 heterocycles. The summed E-state index contributed by atoms with van der Waals surface area (Å²) in [6.07, 6.45) is 1.49. The minimum atomic E-state index is -0.818. The van der Waals surface area contributed by atoms with Crippen molar-refractivity contribution in [3.63, 3.8) is 0 Å². The monoisotopic (exact) mass is 542 g/mol. The molecule has 212 valence electrons. The predicted molar refractivity (Wildman–Crippen MR) is 145 cm³/mol. The van der Waals surface area contributed by atoms with Gasteiger partial charge in [-0.2, -0.15) is 0 Å². The molecular formula is C27H46N2O7S. The molecule has 0 saturated carbocycles. The average Bonchev–Trinajstić information content (AvgIpc) is 3.08. The van der Waals surface area contributed by atoms with Gasteiger partial charge in [0.25, 0.3) is 0 Å².